The summed E-state index contributed by atoms with van der Waals surface area (Å²) in [7, 11) is 1.60. The molecule has 0 saturated carbocycles. The fourth-order valence-electron chi connectivity index (χ4n) is 1.99. The van der Waals surface area contributed by atoms with E-state index in [4.69, 9.17) is 11.6 Å². The highest BCUT2D eigenvalue weighted by atomic mass is 35.5. The first kappa shape index (κ1) is 16.3. The number of aliphatic hydroxyl groups is 1. The van der Waals surface area contributed by atoms with E-state index in [-0.39, 0.29) is 0 Å². The number of alkyl halides is 1. The van der Waals surface area contributed by atoms with E-state index in [0.717, 1.165) is 5.56 Å². The van der Waals surface area contributed by atoms with Crippen molar-refractivity contribution in [1.29, 1.82) is 0 Å². The third-order valence-electron chi connectivity index (χ3n) is 3.29. The standard InChI is InChI=1S/C18H18ClNO2/c1-20(13-12-14-8-4-2-5-9-14)18(22)17(21)16(19)15-10-6-3-7-11-15/h2-13,16-17,21H,1H3/b13-12-. The number of nitrogens with zero attached hydrogens (tertiary/aromatic N) is 1. The normalized spacial score (nSPS) is 13.8. The smallest absolute Gasteiger partial charge is 0.256 e. The molecule has 2 aromatic carbocycles. The van der Waals surface area contributed by atoms with Crippen molar-refractivity contribution in [2.75, 3.05) is 7.05 Å². The monoisotopic (exact) mass is 315 g/mol. The molecule has 0 fully saturated rings. The van der Waals surface area contributed by atoms with E-state index in [1.807, 2.05) is 48.5 Å². The predicted molar refractivity (Wildman–Crippen MR) is 89.3 cm³/mol. The Morgan fingerprint density at radius 3 is 2.23 bits per heavy atom. The Labute approximate surface area is 135 Å². The van der Waals surface area contributed by atoms with E-state index in [2.05, 4.69) is 0 Å². The van der Waals surface area contributed by atoms with Crippen molar-refractivity contribution < 1.29 is 9.90 Å². The van der Waals surface area contributed by atoms with Gasteiger partial charge in [-0.3, -0.25) is 4.79 Å². The number of amides is 1. The lowest BCUT2D eigenvalue weighted by atomic mass is 10.1. The van der Waals surface area contributed by atoms with Gasteiger partial charge in [-0.15, -0.1) is 11.6 Å². The third kappa shape index (κ3) is 4.20. The first-order valence-corrected chi connectivity index (χ1v) is 7.40. The van der Waals surface area contributed by atoms with Gasteiger partial charge in [0.05, 0.1) is 5.38 Å². The third-order valence-corrected chi connectivity index (χ3v) is 3.78. The quantitative estimate of drug-likeness (QED) is 0.858. The highest BCUT2D eigenvalue weighted by Gasteiger charge is 2.27. The van der Waals surface area contributed by atoms with Crippen molar-refractivity contribution in [1.82, 2.24) is 4.90 Å². The molecule has 2 rings (SSSR count). The summed E-state index contributed by atoms with van der Waals surface area (Å²) < 4.78 is 0. The molecule has 2 atom stereocenters. The summed E-state index contributed by atoms with van der Waals surface area (Å²) >= 11 is 6.19. The van der Waals surface area contributed by atoms with E-state index >= 15 is 0 Å². The maximum atomic E-state index is 12.2. The molecular weight excluding hydrogens is 298 g/mol. The second kappa shape index (κ2) is 7.78. The van der Waals surface area contributed by atoms with Crippen LogP contribution in [0.4, 0.5) is 0 Å². The van der Waals surface area contributed by atoms with Crippen LogP contribution in [-0.4, -0.2) is 29.1 Å². The van der Waals surface area contributed by atoms with Crippen LogP contribution in [0.2, 0.25) is 0 Å². The molecule has 0 bridgehead atoms. The van der Waals surface area contributed by atoms with Gasteiger partial charge in [0.1, 0.15) is 0 Å². The number of aliphatic hydroxyl groups excluding tert-OH is 1. The number of hydrogen-bond donors (Lipinski definition) is 1. The van der Waals surface area contributed by atoms with Gasteiger partial charge in [0.2, 0.25) is 0 Å². The molecule has 2 aromatic rings. The zero-order valence-electron chi connectivity index (χ0n) is 12.3. The first-order valence-electron chi connectivity index (χ1n) is 6.96. The highest BCUT2D eigenvalue weighted by molar-refractivity contribution is 6.22. The van der Waals surface area contributed by atoms with Crippen molar-refractivity contribution >= 4 is 23.6 Å². The highest BCUT2D eigenvalue weighted by Crippen LogP contribution is 2.25. The van der Waals surface area contributed by atoms with E-state index in [1.165, 1.54) is 4.90 Å². The topological polar surface area (TPSA) is 40.5 Å². The first-order chi connectivity index (χ1) is 10.6. The molecule has 0 spiro atoms. The van der Waals surface area contributed by atoms with Crippen LogP contribution >= 0.6 is 11.6 Å². The molecule has 2 unspecified atom stereocenters. The SMILES string of the molecule is CN(/C=C\c1ccccc1)C(=O)C(O)C(Cl)c1ccccc1. The summed E-state index contributed by atoms with van der Waals surface area (Å²) in [4.78, 5) is 13.6. The van der Waals surface area contributed by atoms with E-state index in [0.29, 0.717) is 5.56 Å². The number of rotatable bonds is 5. The molecule has 114 valence electrons. The summed E-state index contributed by atoms with van der Waals surface area (Å²) in [5.74, 6) is -0.448. The van der Waals surface area contributed by atoms with Gasteiger partial charge in [0, 0.05) is 13.2 Å². The molecule has 3 nitrogen and oxygen atoms in total. The van der Waals surface area contributed by atoms with Gasteiger partial charge in [0.25, 0.3) is 5.91 Å². The van der Waals surface area contributed by atoms with Crippen LogP contribution in [0.1, 0.15) is 16.5 Å². The molecule has 1 N–H and O–H groups in total. The van der Waals surface area contributed by atoms with Crippen molar-refractivity contribution in [3.63, 3.8) is 0 Å². The van der Waals surface area contributed by atoms with Crippen molar-refractivity contribution in [3.05, 3.63) is 78.0 Å². The van der Waals surface area contributed by atoms with Crippen molar-refractivity contribution in [2.24, 2.45) is 0 Å². The predicted octanol–water partition coefficient (Wildman–Crippen LogP) is 3.46. The second-order valence-electron chi connectivity index (χ2n) is 4.93. The Hall–Kier alpha value is -2.10. The van der Waals surface area contributed by atoms with Crippen molar-refractivity contribution in [3.8, 4) is 0 Å². The number of likely N-dealkylation sites (N-methyl/N-ethyl adjacent to an activating group) is 1. The van der Waals surface area contributed by atoms with Gasteiger partial charge >= 0.3 is 0 Å². The van der Waals surface area contributed by atoms with Crippen molar-refractivity contribution in [2.45, 2.75) is 11.5 Å². The Morgan fingerprint density at radius 1 is 1.09 bits per heavy atom. The fraction of sp³-hybridized carbons (Fsp3) is 0.167. The molecule has 0 saturated heterocycles. The molecule has 0 heterocycles. The number of carbonyl (C=O) groups excluding carboxylic acids is 1. The minimum absolute atomic E-state index is 0.448. The number of carbonyl (C=O) groups is 1. The Bertz CT molecular complexity index is 628. The van der Waals surface area contributed by atoms with Gasteiger partial charge in [-0.1, -0.05) is 60.7 Å². The average molecular weight is 316 g/mol. The van der Waals surface area contributed by atoms with E-state index < -0.39 is 17.4 Å². The zero-order chi connectivity index (χ0) is 15.9. The summed E-state index contributed by atoms with van der Waals surface area (Å²) in [6, 6.07) is 18.7. The van der Waals surface area contributed by atoms with Crippen LogP contribution in [0.15, 0.2) is 66.9 Å². The molecule has 0 aliphatic heterocycles. The maximum absolute atomic E-state index is 12.2. The Morgan fingerprint density at radius 2 is 1.64 bits per heavy atom. The van der Waals surface area contributed by atoms with Gasteiger partial charge in [0.15, 0.2) is 6.10 Å². The number of hydrogen-bond acceptors (Lipinski definition) is 2. The van der Waals surface area contributed by atoms with Gasteiger partial charge in [-0.25, -0.2) is 0 Å². The number of halogens is 1. The molecule has 1 amide bonds. The van der Waals surface area contributed by atoms with Crippen LogP contribution < -0.4 is 0 Å². The lowest BCUT2D eigenvalue weighted by Gasteiger charge is -2.21. The zero-order valence-corrected chi connectivity index (χ0v) is 13.0. The van der Waals surface area contributed by atoms with Gasteiger partial charge in [-0.2, -0.15) is 0 Å². The van der Waals surface area contributed by atoms with Crippen LogP contribution in [0.3, 0.4) is 0 Å². The molecule has 4 heteroatoms. The average Bonchev–Trinajstić information content (AvgIpc) is 2.59. The van der Waals surface area contributed by atoms with Crippen LogP contribution in [0.5, 0.6) is 0 Å². The Kier molecular flexibility index (Phi) is 5.75. The summed E-state index contributed by atoms with van der Waals surface area (Å²) in [5, 5.41) is 9.37. The van der Waals surface area contributed by atoms with Gasteiger partial charge in [-0.05, 0) is 17.2 Å². The Balaban J connectivity index is 2.02. The number of benzene rings is 2. The summed E-state index contributed by atoms with van der Waals surface area (Å²) in [6.45, 7) is 0. The fourth-order valence-corrected chi connectivity index (χ4v) is 2.24. The van der Waals surface area contributed by atoms with Crippen LogP contribution in [0, 0.1) is 0 Å². The lowest BCUT2D eigenvalue weighted by molar-refractivity contribution is -0.136. The van der Waals surface area contributed by atoms with Gasteiger partial charge < -0.3 is 10.0 Å². The van der Waals surface area contributed by atoms with E-state index in [9.17, 15) is 9.90 Å². The second-order valence-corrected chi connectivity index (χ2v) is 5.40. The minimum Gasteiger partial charge on any atom is -0.381 e. The molecular formula is C18H18ClNO2. The van der Waals surface area contributed by atoms with Crippen LogP contribution in [-0.2, 0) is 4.79 Å². The van der Waals surface area contributed by atoms with Crippen LogP contribution in [0.25, 0.3) is 6.08 Å². The summed E-state index contributed by atoms with van der Waals surface area (Å²) in [6.07, 6.45) is 2.13. The molecule has 0 aromatic heterocycles. The van der Waals surface area contributed by atoms with E-state index in [1.54, 1.807) is 31.5 Å². The molecule has 22 heavy (non-hydrogen) atoms. The molecule has 0 aliphatic carbocycles. The molecule has 0 aliphatic rings. The summed E-state index contributed by atoms with van der Waals surface area (Å²) in [5.41, 5.74) is 1.69. The largest absolute Gasteiger partial charge is 0.381 e. The molecule has 0 radical (unpaired) electrons. The maximum Gasteiger partial charge on any atom is 0.256 e. The minimum atomic E-state index is -1.30. The lowest BCUT2D eigenvalue weighted by Crippen LogP contribution is -2.35.